The van der Waals surface area contributed by atoms with Gasteiger partial charge in [0.25, 0.3) is 16.4 Å². The molecule has 0 radical (unpaired) electrons. The Morgan fingerprint density at radius 3 is 2.45 bits per heavy atom. The number of carbonyl (C=O) groups excluding carboxylic acids is 1. The van der Waals surface area contributed by atoms with Gasteiger partial charge in [0, 0.05) is 26.2 Å². The van der Waals surface area contributed by atoms with Crippen molar-refractivity contribution in [2.75, 3.05) is 18.0 Å². The zero-order chi connectivity index (χ0) is 22.9. The molecular formula is C18H20F2N6O4S. The lowest BCUT2D eigenvalue weighted by molar-refractivity contribution is -0.117. The SMILES string of the molecule is CC(=O)NS(=O)(=O)c1ccc(-n2nc(C(F)F)c(C#N)c2N2C[C@@H](C)O[C@@H](C)C2)nc1. The second kappa shape index (κ2) is 8.56. The topological polar surface area (TPSA) is 130 Å². The molecule has 13 heteroatoms. The minimum atomic E-state index is -4.12. The summed E-state index contributed by atoms with van der Waals surface area (Å²) in [5.74, 6) is -0.606. The molecule has 31 heavy (non-hydrogen) atoms. The molecule has 2 aromatic heterocycles. The van der Waals surface area contributed by atoms with Crippen molar-refractivity contribution in [3.8, 4) is 11.9 Å². The van der Waals surface area contributed by atoms with Gasteiger partial charge in [-0.15, -0.1) is 0 Å². The molecule has 0 spiro atoms. The molecule has 2 aromatic rings. The molecule has 1 aliphatic heterocycles. The summed E-state index contributed by atoms with van der Waals surface area (Å²) in [6.07, 6.45) is -2.45. The van der Waals surface area contributed by atoms with Crippen LogP contribution >= 0.6 is 0 Å². The van der Waals surface area contributed by atoms with E-state index in [9.17, 15) is 27.3 Å². The number of pyridine rings is 1. The largest absolute Gasteiger partial charge is 0.372 e. The molecule has 0 bridgehead atoms. The molecule has 0 unspecified atom stereocenters. The average molecular weight is 454 g/mol. The van der Waals surface area contributed by atoms with Crippen LogP contribution in [-0.4, -0.2) is 54.4 Å². The lowest BCUT2D eigenvalue weighted by atomic mass is 10.2. The number of amides is 1. The van der Waals surface area contributed by atoms with Crippen LogP contribution in [0, 0.1) is 11.3 Å². The van der Waals surface area contributed by atoms with Gasteiger partial charge in [0.1, 0.15) is 22.2 Å². The Labute approximate surface area is 177 Å². The maximum absolute atomic E-state index is 13.6. The fourth-order valence-electron chi connectivity index (χ4n) is 3.39. The molecule has 3 rings (SSSR count). The van der Waals surface area contributed by atoms with E-state index in [1.165, 1.54) is 6.07 Å². The number of nitriles is 1. The van der Waals surface area contributed by atoms with Gasteiger partial charge in [0.05, 0.1) is 12.2 Å². The van der Waals surface area contributed by atoms with E-state index < -0.39 is 28.0 Å². The van der Waals surface area contributed by atoms with E-state index >= 15 is 0 Å². The van der Waals surface area contributed by atoms with Gasteiger partial charge in [0.2, 0.25) is 5.91 Å². The molecule has 1 fully saturated rings. The molecule has 1 saturated heterocycles. The number of anilines is 1. The number of hydrogen-bond donors (Lipinski definition) is 1. The van der Waals surface area contributed by atoms with Crippen LogP contribution in [0.1, 0.15) is 38.5 Å². The van der Waals surface area contributed by atoms with Crippen molar-refractivity contribution in [2.24, 2.45) is 0 Å². The van der Waals surface area contributed by atoms with E-state index in [-0.39, 0.29) is 34.3 Å². The van der Waals surface area contributed by atoms with Crippen molar-refractivity contribution < 1.29 is 26.7 Å². The number of hydrogen-bond acceptors (Lipinski definition) is 8. The quantitative estimate of drug-likeness (QED) is 0.720. The molecule has 3 heterocycles. The van der Waals surface area contributed by atoms with Gasteiger partial charge in [0.15, 0.2) is 11.6 Å². The summed E-state index contributed by atoms with van der Waals surface area (Å²) in [6.45, 7) is 5.37. The van der Waals surface area contributed by atoms with Crippen molar-refractivity contribution in [1.29, 1.82) is 5.26 Å². The normalized spacial score (nSPS) is 19.3. The first-order valence-electron chi connectivity index (χ1n) is 9.25. The maximum Gasteiger partial charge on any atom is 0.283 e. The van der Waals surface area contributed by atoms with Gasteiger partial charge >= 0.3 is 0 Å². The molecule has 1 aliphatic rings. The van der Waals surface area contributed by atoms with Gasteiger partial charge in [-0.05, 0) is 26.0 Å². The van der Waals surface area contributed by atoms with E-state index in [1.54, 1.807) is 11.0 Å². The Morgan fingerprint density at radius 2 is 1.97 bits per heavy atom. The number of ether oxygens (including phenoxy) is 1. The summed E-state index contributed by atoms with van der Waals surface area (Å²) in [5, 5.41) is 13.5. The maximum atomic E-state index is 13.6. The number of aromatic nitrogens is 3. The number of sulfonamides is 1. The Kier molecular flexibility index (Phi) is 6.23. The monoisotopic (exact) mass is 454 g/mol. The van der Waals surface area contributed by atoms with Crippen molar-refractivity contribution in [2.45, 2.75) is 44.3 Å². The molecular weight excluding hydrogens is 434 g/mol. The third kappa shape index (κ3) is 4.64. The van der Waals surface area contributed by atoms with Crippen LogP contribution < -0.4 is 9.62 Å². The number of morpholine rings is 1. The van der Waals surface area contributed by atoms with Gasteiger partial charge in [-0.2, -0.15) is 15.0 Å². The molecule has 0 saturated carbocycles. The predicted molar refractivity (Wildman–Crippen MR) is 104 cm³/mol. The Balaban J connectivity index is 2.11. The standard InChI is InChI=1S/C18H20F2N6O4S/c1-10-8-25(9-11(2)30-10)18-14(6-21)16(17(19)20)23-26(18)15-5-4-13(7-22-15)31(28,29)24-12(3)27/h4-5,7,10-11,17H,8-9H2,1-3H3,(H,24,27)/t10-,11+. The van der Waals surface area contributed by atoms with Crippen LogP contribution in [-0.2, 0) is 19.6 Å². The Morgan fingerprint density at radius 1 is 1.32 bits per heavy atom. The fraction of sp³-hybridized carbons (Fsp3) is 0.444. The summed E-state index contributed by atoms with van der Waals surface area (Å²) in [7, 11) is -4.12. The summed E-state index contributed by atoms with van der Waals surface area (Å²) < 4.78 is 60.0. The van der Waals surface area contributed by atoms with Crippen LogP contribution in [0.3, 0.4) is 0 Å². The number of nitrogens with one attached hydrogen (secondary N) is 1. The third-order valence-corrected chi connectivity index (χ3v) is 5.87. The highest BCUT2D eigenvalue weighted by atomic mass is 32.2. The highest BCUT2D eigenvalue weighted by Gasteiger charge is 2.32. The zero-order valence-electron chi connectivity index (χ0n) is 16.9. The zero-order valence-corrected chi connectivity index (χ0v) is 17.7. The molecule has 2 atom stereocenters. The molecule has 1 N–H and O–H groups in total. The van der Waals surface area contributed by atoms with E-state index in [4.69, 9.17) is 4.74 Å². The predicted octanol–water partition coefficient (Wildman–Crippen LogP) is 1.51. The Hall–Kier alpha value is -3.11. The number of halogens is 2. The van der Waals surface area contributed by atoms with Crippen molar-refractivity contribution in [3.63, 3.8) is 0 Å². The minimum Gasteiger partial charge on any atom is -0.372 e. The van der Waals surface area contributed by atoms with Crippen LogP contribution in [0.5, 0.6) is 0 Å². The molecule has 0 aliphatic carbocycles. The van der Waals surface area contributed by atoms with Crippen LogP contribution in [0.25, 0.3) is 5.82 Å². The molecule has 1 amide bonds. The van der Waals surface area contributed by atoms with E-state index in [2.05, 4.69) is 10.1 Å². The smallest absolute Gasteiger partial charge is 0.283 e. The Bertz CT molecular complexity index is 1120. The minimum absolute atomic E-state index is 0.0342. The average Bonchev–Trinajstić information content (AvgIpc) is 3.06. The number of nitrogens with zero attached hydrogens (tertiary/aromatic N) is 5. The van der Waals surface area contributed by atoms with Gasteiger partial charge in [-0.25, -0.2) is 26.9 Å². The van der Waals surface area contributed by atoms with Crippen molar-refractivity contribution in [3.05, 3.63) is 29.6 Å². The summed E-state index contributed by atoms with van der Waals surface area (Å²) in [4.78, 5) is 16.5. The summed E-state index contributed by atoms with van der Waals surface area (Å²) in [5.41, 5.74) is -0.978. The first-order valence-corrected chi connectivity index (χ1v) is 10.7. The lowest BCUT2D eigenvalue weighted by Gasteiger charge is -2.36. The second-order valence-corrected chi connectivity index (χ2v) is 8.77. The van der Waals surface area contributed by atoms with Crippen molar-refractivity contribution >= 4 is 21.7 Å². The second-order valence-electron chi connectivity index (χ2n) is 7.08. The van der Waals surface area contributed by atoms with Gasteiger partial charge < -0.3 is 9.64 Å². The first-order chi connectivity index (χ1) is 14.5. The highest BCUT2D eigenvalue weighted by Crippen LogP contribution is 2.33. The van der Waals surface area contributed by atoms with E-state index in [0.717, 1.165) is 23.9 Å². The van der Waals surface area contributed by atoms with E-state index in [1.807, 2.05) is 18.6 Å². The fourth-order valence-corrected chi connectivity index (χ4v) is 4.33. The summed E-state index contributed by atoms with van der Waals surface area (Å²) in [6, 6.07) is 4.23. The lowest BCUT2D eigenvalue weighted by Crippen LogP contribution is -2.46. The molecule has 166 valence electrons. The number of carbonyl (C=O) groups is 1. The summed E-state index contributed by atoms with van der Waals surface area (Å²) >= 11 is 0. The molecule has 10 nitrogen and oxygen atoms in total. The van der Waals surface area contributed by atoms with Gasteiger partial charge in [-0.3, -0.25) is 4.79 Å². The number of alkyl halides is 2. The van der Waals surface area contributed by atoms with Crippen LogP contribution in [0.2, 0.25) is 0 Å². The first kappa shape index (κ1) is 22.6. The van der Waals surface area contributed by atoms with Crippen LogP contribution in [0.15, 0.2) is 23.2 Å². The van der Waals surface area contributed by atoms with Gasteiger partial charge in [-0.1, -0.05) is 0 Å². The highest BCUT2D eigenvalue weighted by molar-refractivity contribution is 7.90. The number of rotatable bonds is 5. The molecule has 0 aromatic carbocycles. The van der Waals surface area contributed by atoms with Crippen molar-refractivity contribution in [1.82, 2.24) is 19.5 Å². The van der Waals surface area contributed by atoms with E-state index in [0.29, 0.717) is 13.1 Å². The third-order valence-electron chi connectivity index (χ3n) is 4.45. The van der Waals surface area contributed by atoms with Crippen LogP contribution in [0.4, 0.5) is 14.6 Å².